The van der Waals surface area contributed by atoms with Gasteiger partial charge < -0.3 is 10.6 Å². The van der Waals surface area contributed by atoms with Crippen molar-refractivity contribution in [2.45, 2.75) is 25.8 Å². The van der Waals surface area contributed by atoms with E-state index in [2.05, 4.69) is 39.7 Å². The van der Waals surface area contributed by atoms with Crippen LogP contribution < -0.4 is 10.6 Å². The first-order chi connectivity index (χ1) is 9.52. The molecular formula is C15H23BrN4. The summed E-state index contributed by atoms with van der Waals surface area (Å²) in [4.78, 5) is 4.75. The van der Waals surface area contributed by atoms with Crippen molar-refractivity contribution >= 4 is 27.5 Å². The fourth-order valence-electron chi connectivity index (χ4n) is 2.99. The number of likely N-dealkylation sites (tertiary alicyclic amines) is 1. The second kappa shape index (κ2) is 6.59. The lowest BCUT2D eigenvalue weighted by molar-refractivity contribution is 0.270. The second-order valence-electron chi connectivity index (χ2n) is 5.38. The fraction of sp³-hybridized carbons (Fsp3) is 0.533. The molecule has 0 aromatic heterocycles. The third kappa shape index (κ3) is 3.33. The molecule has 0 spiro atoms. The molecule has 1 heterocycles. The van der Waals surface area contributed by atoms with Crippen LogP contribution in [0.1, 0.15) is 25.3 Å². The van der Waals surface area contributed by atoms with E-state index in [0.717, 1.165) is 28.8 Å². The zero-order chi connectivity index (χ0) is 14.7. The van der Waals surface area contributed by atoms with Crippen LogP contribution in [-0.4, -0.2) is 43.5 Å². The first-order valence-electron chi connectivity index (χ1n) is 7.12. The third-order valence-corrected chi connectivity index (χ3v) is 4.54. The number of rotatable bonds is 5. The van der Waals surface area contributed by atoms with Crippen molar-refractivity contribution in [2.75, 3.05) is 31.6 Å². The number of halogens is 1. The number of nitrogen functional groups attached to an aromatic ring is 1. The van der Waals surface area contributed by atoms with Crippen LogP contribution in [0.15, 0.2) is 22.7 Å². The normalized spacial score (nSPS) is 19.2. The predicted molar refractivity (Wildman–Crippen MR) is 88.7 cm³/mol. The first-order valence-corrected chi connectivity index (χ1v) is 7.91. The van der Waals surface area contributed by atoms with Crippen molar-refractivity contribution in [3.8, 4) is 0 Å². The van der Waals surface area contributed by atoms with Gasteiger partial charge in [0.1, 0.15) is 5.84 Å². The number of anilines is 1. The molecular weight excluding hydrogens is 316 g/mol. The molecule has 1 unspecified atom stereocenters. The number of likely N-dealkylation sites (N-methyl/N-ethyl adjacent to an activating group) is 2. The Morgan fingerprint density at radius 1 is 1.55 bits per heavy atom. The topological polar surface area (TPSA) is 56.4 Å². The Hall–Kier alpha value is -1.07. The van der Waals surface area contributed by atoms with Crippen molar-refractivity contribution < 1.29 is 0 Å². The summed E-state index contributed by atoms with van der Waals surface area (Å²) in [6.45, 7) is 5.52. The Labute approximate surface area is 129 Å². The molecule has 110 valence electrons. The molecule has 1 aliphatic heterocycles. The lowest BCUT2D eigenvalue weighted by atomic mass is 10.1. The maximum absolute atomic E-state index is 7.75. The van der Waals surface area contributed by atoms with Gasteiger partial charge in [0, 0.05) is 35.4 Å². The Kier molecular flexibility index (Phi) is 5.05. The van der Waals surface area contributed by atoms with E-state index in [9.17, 15) is 0 Å². The van der Waals surface area contributed by atoms with E-state index in [1.165, 1.54) is 19.4 Å². The number of hydrogen-bond acceptors (Lipinski definition) is 3. The largest absolute Gasteiger partial charge is 0.384 e. The molecule has 2 rings (SSSR count). The molecule has 0 amide bonds. The maximum atomic E-state index is 7.75. The van der Waals surface area contributed by atoms with E-state index in [4.69, 9.17) is 11.1 Å². The number of benzene rings is 1. The molecule has 20 heavy (non-hydrogen) atoms. The molecule has 0 saturated carbocycles. The lowest BCUT2D eigenvalue weighted by Gasteiger charge is -2.30. The van der Waals surface area contributed by atoms with Gasteiger partial charge in [0.25, 0.3) is 0 Å². The van der Waals surface area contributed by atoms with Crippen LogP contribution in [-0.2, 0) is 0 Å². The predicted octanol–water partition coefficient (Wildman–Crippen LogP) is 2.65. The van der Waals surface area contributed by atoms with E-state index < -0.39 is 0 Å². The fourth-order valence-corrected chi connectivity index (χ4v) is 3.35. The average Bonchev–Trinajstić information content (AvgIpc) is 2.85. The van der Waals surface area contributed by atoms with E-state index in [1.807, 2.05) is 18.2 Å². The summed E-state index contributed by atoms with van der Waals surface area (Å²) in [5.41, 5.74) is 7.53. The van der Waals surface area contributed by atoms with Gasteiger partial charge in [-0.15, -0.1) is 0 Å². The third-order valence-electron chi connectivity index (χ3n) is 4.05. The van der Waals surface area contributed by atoms with E-state index in [-0.39, 0.29) is 5.84 Å². The van der Waals surface area contributed by atoms with Crippen LogP contribution in [0.3, 0.4) is 0 Å². The molecule has 1 aromatic rings. The van der Waals surface area contributed by atoms with Crippen LogP contribution >= 0.6 is 15.9 Å². The minimum absolute atomic E-state index is 0.118. The number of nitrogens with one attached hydrogen (secondary N) is 1. The summed E-state index contributed by atoms with van der Waals surface area (Å²) >= 11 is 3.44. The number of nitrogens with two attached hydrogens (primary N) is 1. The van der Waals surface area contributed by atoms with Gasteiger partial charge in [-0.1, -0.05) is 22.9 Å². The summed E-state index contributed by atoms with van der Waals surface area (Å²) in [5.74, 6) is 0.118. The second-order valence-corrected chi connectivity index (χ2v) is 6.30. The highest BCUT2D eigenvalue weighted by Crippen LogP contribution is 2.25. The monoisotopic (exact) mass is 338 g/mol. The summed E-state index contributed by atoms with van der Waals surface area (Å²) in [5, 5.41) is 7.75. The first kappa shape index (κ1) is 15.3. The van der Waals surface area contributed by atoms with E-state index in [1.54, 1.807) is 0 Å². The molecule has 1 aromatic carbocycles. The van der Waals surface area contributed by atoms with Gasteiger partial charge in [-0.2, -0.15) is 0 Å². The van der Waals surface area contributed by atoms with Crippen molar-refractivity contribution in [2.24, 2.45) is 5.73 Å². The van der Waals surface area contributed by atoms with Crippen LogP contribution in [0.25, 0.3) is 0 Å². The van der Waals surface area contributed by atoms with E-state index >= 15 is 0 Å². The highest BCUT2D eigenvalue weighted by molar-refractivity contribution is 9.10. The van der Waals surface area contributed by atoms with Crippen molar-refractivity contribution in [1.82, 2.24) is 4.90 Å². The minimum Gasteiger partial charge on any atom is -0.384 e. The minimum atomic E-state index is 0.118. The molecule has 4 nitrogen and oxygen atoms in total. The summed E-state index contributed by atoms with van der Waals surface area (Å²) in [6, 6.07) is 6.56. The number of amidine groups is 1. The SMILES string of the molecule is CCN1CCCC1CN(C)c1ccc(Br)cc1C(=N)N. The van der Waals surface area contributed by atoms with Crippen molar-refractivity contribution in [3.05, 3.63) is 28.2 Å². The lowest BCUT2D eigenvalue weighted by Crippen LogP contribution is -2.39. The molecule has 0 bridgehead atoms. The summed E-state index contributed by atoms with van der Waals surface area (Å²) in [6.07, 6.45) is 2.54. The zero-order valence-electron chi connectivity index (χ0n) is 12.2. The molecule has 1 aliphatic rings. The van der Waals surface area contributed by atoms with Crippen molar-refractivity contribution in [1.29, 1.82) is 5.41 Å². The summed E-state index contributed by atoms with van der Waals surface area (Å²) in [7, 11) is 2.09. The van der Waals surface area contributed by atoms with Crippen LogP contribution in [0.5, 0.6) is 0 Å². The van der Waals surface area contributed by atoms with Crippen LogP contribution in [0.2, 0.25) is 0 Å². The molecule has 3 N–H and O–H groups in total. The maximum Gasteiger partial charge on any atom is 0.124 e. The molecule has 5 heteroatoms. The Morgan fingerprint density at radius 3 is 2.95 bits per heavy atom. The average molecular weight is 339 g/mol. The van der Waals surface area contributed by atoms with Gasteiger partial charge in [-0.25, -0.2) is 0 Å². The Morgan fingerprint density at radius 2 is 2.30 bits per heavy atom. The molecule has 1 atom stereocenters. The van der Waals surface area contributed by atoms with Gasteiger partial charge in [0.05, 0.1) is 0 Å². The number of hydrogen-bond donors (Lipinski definition) is 2. The Balaban J connectivity index is 2.16. The van der Waals surface area contributed by atoms with Gasteiger partial charge in [-0.05, 0) is 44.1 Å². The molecule has 1 fully saturated rings. The van der Waals surface area contributed by atoms with Gasteiger partial charge in [0.15, 0.2) is 0 Å². The van der Waals surface area contributed by atoms with Crippen molar-refractivity contribution in [3.63, 3.8) is 0 Å². The summed E-state index contributed by atoms with van der Waals surface area (Å²) < 4.78 is 0.955. The van der Waals surface area contributed by atoms with Gasteiger partial charge in [0.2, 0.25) is 0 Å². The molecule has 0 aliphatic carbocycles. The highest BCUT2D eigenvalue weighted by atomic mass is 79.9. The highest BCUT2D eigenvalue weighted by Gasteiger charge is 2.24. The molecule has 0 radical (unpaired) electrons. The smallest absolute Gasteiger partial charge is 0.124 e. The molecule has 1 saturated heterocycles. The van der Waals surface area contributed by atoms with Gasteiger partial charge in [-0.3, -0.25) is 10.3 Å². The van der Waals surface area contributed by atoms with E-state index in [0.29, 0.717) is 6.04 Å². The van der Waals surface area contributed by atoms with Crippen LogP contribution in [0.4, 0.5) is 5.69 Å². The van der Waals surface area contributed by atoms with Gasteiger partial charge >= 0.3 is 0 Å². The van der Waals surface area contributed by atoms with Crippen LogP contribution in [0, 0.1) is 5.41 Å². The number of nitrogens with zero attached hydrogens (tertiary/aromatic N) is 2. The standard InChI is InChI=1S/C15H23BrN4/c1-3-20-8-4-5-12(20)10-19(2)14-7-6-11(16)9-13(14)15(17)18/h6-7,9,12H,3-5,8,10H2,1-2H3,(H3,17,18). The Bertz CT molecular complexity index is 489. The zero-order valence-corrected chi connectivity index (χ0v) is 13.8. The quantitative estimate of drug-likeness (QED) is 0.641.